The van der Waals surface area contributed by atoms with Crippen molar-refractivity contribution in [3.63, 3.8) is 0 Å². The van der Waals surface area contributed by atoms with Crippen molar-refractivity contribution in [1.82, 2.24) is 4.98 Å². The molecular weight excluding hydrogens is 230 g/mol. The summed E-state index contributed by atoms with van der Waals surface area (Å²) in [6, 6.07) is 11.8. The van der Waals surface area contributed by atoms with E-state index in [1.807, 2.05) is 18.2 Å². The predicted octanol–water partition coefficient (Wildman–Crippen LogP) is 3.74. The monoisotopic (exact) mass is 243 g/mol. The summed E-state index contributed by atoms with van der Waals surface area (Å²) in [6.45, 7) is 3.62. The molecule has 0 N–H and O–H groups in total. The molecule has 0 saturated heterocycles. The van der Waals surface area contributed by atoms with Gasteiger partial charge >= 0.3 is 0 Å². The van der Waals surface area contributed by atoms with Crippen LogP contribution in [0, 0.1) is 6.92 Å². The maximum absolute atomic E-state index is 11.3. The third-order valence-corrected chi connectivity index (χ3v) is 3.28. The molecule has 0 aliphatic carbocycles. The molecule has 0 atom stereocenters. The maximum Gasteiger partial charge on any atom is 0.159 e. The van der Waals surface area contributed by atoms with Gasteiger partial charge in [-0.15, -0.1) is 0 Å². The van der Waals surface area contributed by atoms with E-state index in [0.29, 0.717) is 5.56 Å². The fourth-order valence-corrected chi connectivity index (χ4v) is 2.42. The van der Waals surface area contributed by atoms with Gasteiger partial charge in [0.05, 0.1) is 0 Å². The second-order valence-corrected chi connectivity index (χ2v) is 4.95. The van der Waals surface area contributed by atoms with Crippen molar-refractivity contribution in [2.75, 3.05) is 0 Å². The molecule has 1 heterocycles. The molecular formula is C14H13NOS. The second-order valence-electron chi connectivity index (χ2n) is 3.86. The quantitative estimate of drug-likeness (QED) is 0.769. The molecule has 2 nitrogen and oxygen atoms in total. The van der Waals surface area contributed by atoms with E-state index in [1.54, 1.807) is 30.9 Å². The highest BCUT2D eigenvalue weighted by molar-refractivity contribution is 7.99. The topological polar surface area (TPSA) is 30.0 Å². The van der Waals surface area contributed by atoms with Gasteiger partial charge in [-0.2, -0.15) is 0 Å². The van der Waals surface area contributed by atoms with E-state index in [4.69, 9.17) is 0 Å². The van der Waals surface area contributed by atoms with Crippen LogP contribution in [0.5, 0.6) is 0 Å². The van der Waals surface area contributed by atoms with Crippen LogP contribution in [0.2, 0.25) is 0 Å². The van der Waals surface area contributed by atoms with Crippen LogP contribution in [-0.2, 0) is 0 Å². The number of hydrogen-bond donors (Lipinski definition) is 0. The molecule has 0 aliphatic rings. The summed E-state index contributed by atoms with van der Waals surface area (Å²) in [7, 11) is 0. The predicted molar refractivity (Wildman–Crippen MR) is 69.5 cm³/mol. The van der Waals surface area contributed by atoms with Gasteiger partial charge in [0.15, 0.2) is 5.78 Å². The number of aryl methyl sites for hydroxylation is 1. The highest BCUT2D eigenvalue weighted by Crippen LogP contribution is 2.26. The second kappa shape index (κ2) is 5.15. The number of benzene rings is 1. The molecule has 2 rings (SSSR count). The zero-order chi connectivity index (χ0) is 12.3. The van der Waals surface area contributed by atoms with Crippen LogP contribution in [-0.4, -0.2) is 10.8 Å². The Morgan fingerprint density at radius 3 is 2.76 bits per heavy atom. The molecule has 0 fully saturated rings. The first-order valence-corrected chi connectivity index (χ1v) is 6.18. The number of carbonyl (C=O) groups excluding carboxylic acids is 1. The normalized spacial score (nSPS) is 10.2. The minimum absolute atomic E-state index is 0.0680. The Labute approximate surface area is 105 Å². The lowest BCUT2D eigenvalue weighted by Gasteiger charge is -2.03. The van der Waals surface area contributed by atoms with Gasteiger partial charge in [0.1, 0.15) is 5.03 Å². The van der Waals surface area contributed by atoms with Crippen molar-refractivity contribution in [2.45, 2.75) is 23.8 Å². The van der Waals surface area contributed by atoms with Crippen LogP contribution in [0.4, 0.5) is 0 Å². The lowest BCUT2D eigenvalue weighted by molar-refractivity contribution is 0.101. The molecule has 0 aliphatic heterocycles. The number of Topliss-reactive ketones (excluding diaryl/α,β-unsaturated/α-hetero) is 1. The minimum Gasteiger partial charge on any atom is -0.295 e. The molecule has 3 heteroatoms. The van der Waals surface area contributed by atoms with Crippen molar-refractivity contribution in [3.05, 3.63) is 53.7 Å². The fraction of sp³-hybridized carbons (Fsp3) is 0.143. The number of ketones is 1. The highest BCUT2D eigenvalue weighted by atomic mass is 32.2. The number of rotatable bonds is 3. The van der Waals surface area contributed by atoms with Gasteiger partial charge in [-0.25, -0.2) is 4.98 Å². The Bertz CT molecular complexity index is 551. The molecule has 17 heavy (non-hydrogen) atoms. The van der Waals surface area contributed by atoms with E-state index in [0.717, 1.165) is 9.92 Å². The molecule has 0 spiro atoms. The van der Waals surface area contributed by atoms with Crippen molar-refractivity contribution >= 4 is 17.5 Å². The summed E-state index contributed by atoms with van der Waals surface area (Å²) in [5, 5.41) is 0.850. The van der Waals surface area contributed by atoms with E-state index in [9.17, 15) is 4.79 Å². The van der Waals surface area contributed by atoms with Crippen LogP contribution < -0.4 is 0 Å². The average Bonchev–Trinajstić information content (AvgIpc) is 2.29. The molecule has 2 aromatic rings. The van der Waals surface area contributed by atoms with E-state index < -0.39 is 0 Å². The summed E-state index contributed by atoms with van der Waals surface area (Å²) in [5.41, 5.74) is 1.92. The number of hydrogen-bond acceptors (Lipinski definition) is 3. The lowest BCUT2D eigenvalue weighted by Crippen LogP contribution is -1.92. The SMILES string of the molecule is CC(=O)c1ccnc(Sc2cccc(C)c2)c1. The van der Waals surface area contributed by atoms with Gasteiger partial charge in [0.2, 0.25) is 0 Å². The molecule has 0 radical (unpaired) electrons. The zero-order valence-corrected chi connectivity index (χ0v) is 10.6. The van der Waals surface area contributed by atoms with Crippen molar-refractivity contribution in [1.29, 1.82) is 0 Å². The van der Waals surface area contributed by atoms with Crippen molar-refractivity contribution < 1.29 is 4.79 Å². The number of aromatic nitrogens is 1. The van der Waals surface area contributed by atoms with E-state index >= 15 is 0 Å². The molecule has 0 saturated carbocycles. The Hall–Kier alpha value is -1.61. The molecule has 0 amide bonds. The summed E-state index contributed by atoms with van der Waals surface area (Å²) in [4.78, 5) is 16.7. The van der Waals surface area contributed by atoms with Crippen molar-refractivity contribution in [3.8, 4) is 0 Å². The average molecular weight is 243 g/mol. The Balaban J connectivity index is 2.24. The lowest BCUT2D eigenvalue weighted by atomic mass is 10.2. The van der Waals surface area contributed by atoms with E-state index in [1.165, 1.54) is 5.56 Å². The van der Waals surface area contributed by atoms with Crippen LogP contribution in [0.15, 0.2) is 52.5 Å². The molecule has 1 aromatic carbocycles. The molecule has 86 valence electrons. The Morgan fingerprint density at radius 2 is 2.06 bits per heavy atom. The highest BCUT2D eigenvalue weighted by Gasteiger charge is 2.03. The zero-order valence-electron chi connectivity index (χ0n) is 9.81. The fourth-order valence-electron chi connectivity index (χ4n) is 1.48. The van der Waals surface area contributed by atoms with Gasteiger partial charge in [-0.05, 0) is 38.1 Å². The van der Waals surface area contributed by atoms with Crippen LogP contribution in [0.1, 0.15) is 22.8 Å². The Morgan fingerprint density at radius 1 is 1.24 bits per heavy atom. The van der Waals surface area contributed by atoms with Crippen LogP contribution in [0.3, 0.4) is 0 Å². The standard InChI is InChI=1S/C14H13NOS/c1-10-4-3-5-13(8-10)17-14-9-12(11(2)16)6-7-15-14/h3-9H,1-2H3. The maximum atomic E-state index is 11.3. The number of carbonyl (C=O) groups is 1. The third-order valence-electron chi connectivity index (χ3n) is 2.35. The number of nitrogens with zero attached hydrogens (tertiary/aromatic N) is 1. The largest absolute Gasteiger partial charge is 0.295 e. The Kier molecular flexibility index (Phi) is 3.59. The van der Waals surface area contributed by atoms with Crippen LogP contribution >= 0.6 is 11.8 Å². The number of pyridine rings is 1. The van der Waals surface area contributed by atoms with Gasteiger partial charge < -0.3 is 0 Å². The minimum atomic E-state index is 0.0680. The van der Waals surface area contributed by atoms with E-state index in [2.05, 4.69) is 24.0 Å². The summed E-state index contributed by atoms with van der Waals surface area (Å²) in [5.74, 6) is 0.0680. The smallest absolute Gasteiger partial charge is 0.159 e. The first-order chi connectivity index (χ1) is 8.15. The molecule has 1 aromatic heterocycles. The summed E-state index contributed by atoms with van der Waals surface area (Å²) >= 11 is 1.57. The van der Waals surface area contributed by atoms with E-state index in [-0.39, 0.29) is 5.78 Å². The molecule has 0 unspecified atom stereocenters. The van der Waals surface area contributed by atoms with Crippen molar-refractivity contribution in [2.24, 2.45) is 0 Å². The van der Waals surface area contributed by atoms with Gasteiger partial charge in [-0.3, -0.25) is 4.79 Å². The van der Waals surface area contributed by atoms with Crippen LogP contribution in [0.25, 0.3) is 0 Å². The van der Waals surface area contributed by atoms with Gasteiger partial charge in [-0.1, -0.05) is 29.5 Å². The summed E-state index contributed by atoms with van der Waals surface area (Å²) < 4.78 is 0. The first kappa shape index (κ1) is 11.9. The van der Waals surface area contributed by atoms with Gasteiger partial charge in [0.25, 0.3) is 0 Å². The third kappa shape index (κ3) is 3.17. The summed E-state index contributed by atoms with van der Waals surface area (Å²) in [6.07, 6.45) is 1.68. The molecule has 0 bridgehead atoms. The van der Waals surface area contributed by atoms with Gasteiger partial charge in [0, 0.05) is 16.7 Å². The first-order valence-electron chi connectivity index (χ1n) is 5.36.